The van der Waals surface area contributed by atoms with Crippen LogP contribution in [0.25, 0.3) is 5.57 Å². The molecule has 2 aromatic rings. The van der Waals surface area contributed by atoms with E-state index in [9.17, 15) is 17.6 Å². The van der Waals surface area contributed by atoms with E-state index < -0.39 is 21.7 Å². The van der Waals surface area contributed by atoms with Gasteiger partial charge >= 0.3 is 0 Å². The Balaban J connectivity index is 1.96. The van der Waals surface area contributed by atoms with E-state index >= 15 is 0 Å². The Morgan fingerprint density at radius 3 is 2.62 bits per heavy atom. The van der Waals surface area contributed by atoms with Crippen LogP contribution in [0.3, 0.4) is 0 Å². The second kappa shape index (κ2) is 9.18. The highest BCUT2D eigenvalue weighted by Crippen LogP contribution is 2.38. The molecule has 2 aliphatic rings. The summed E-state index contributed by atoms with van der Waals surface area (Å²) < 4.78 is 43.9. The van der Waals surface area contributed by atoms with Gasteiger partial charge in [0.15, 0.2) is 21.4 Å². The maximum Gasteiger partial charge on any atom is 0.165 e. The molecule has 1 unspecified atom stereocenters. The summed E-state index contributed by atoms with van der Waals surface area (Å²) >= 11 is 0. The predicted octanol–water partition coefficient (Wildman–Crippen LogP) is 3.79. The first-order valence-electron chi connectivity index (χ1n) is 11.0. The minimum absolute atomic E-state index is 0.0564. The smallest absolute Gasteiger partial charge is 0.165 e. The molecule has 2 atom stereocenters. The number of hydrogen-bond donors (Lipinski definition) is 0. The van der Waals surface area contributed by atoms with Gasteiger partial charge in [-0.1, -0.05) is 19.1 Å². The average molecular weight is 483 g/mol. The molecule has 2 aromatic carbocycles. The summed E-state index contributed by atoms with van der Waals surface area (Å²) in [6.07, 6.45) is 4.67. The van der Waals surface area contributed by atoms with Gasteiger partial charge in [-0.05, 0) is 54.0 Å². The Bertz CT molecular complexity index is 1340. The number of aldehydes is 1. The van der Waals surface area contributed by atoms with Crippen LogP contribution < -0.4 is 4.74 Å². The number of sulfone groups is 1. The van der Waals surface area contributed by atoms with E-state index in [0.29, 0.717) is 16.8 Å². The lowest BCUT2D eigenvalue weighted by Crippen LogP contribution is -2.31. The minimum Gasteiger partial charge on any atom is -0.494 e. The summed E-state index contributed by atoms with van der Waals surface area (Å²) in [6.45, 7) is 3.58. The number of halogens is 1. The Morgan fingerprint density at radius 1 is 1.18 bits per heavy atom. The second-order valence-electron chi connectivity index (χ2n) is 8.52. The van der Waals surface area contributed by atoms with Crippen LogP contribution in [-0.4, -0.2) is 57.3 Å². The highest BCUT2D eigenvalue weighted by atomic mass is 32.2. The zero-order valence-electron chi connectivity index (χ0n) is 19.6. The standard InChI is InChI=1S/C26H27FN2O4S/c1-5-34(31,32)15-17-6-8-20-22(10-17)23-13-29(3)19(14-30)12-21(23)16(2)28-26(20)18-7-9-24(27)25(11-18)33-4/h6-14,16,19H,5,15H2,1-4H3/t16-,19?/m0/s1. The first-order chi connectivity index (χ1) is 16.2. The van der Waals surface area contributed by atoms with E-state index in [1.165, 1.54) is 13.2 Å². The van der Waals surface area contributed by atoms with Crippen molar-refractivity contribution in [1.82, 2.24) is 4.90 Å². The van der Waals surface area contributed by atoms with E-state index in [0.717, 1.165) is 28.6 Å². The number of carbonyl (C=O) groups is 1. The van der Waals surface area contributed by atoms with Crippen molar-refractivity contribution in [3.63, 3.8) is 0 Å². The lowest BCUT2D eigenvalue weighted by molar-refractivity contribution is -0.110. The first kappa shape index (κ1) is 23.9. The number of carbonyl (C=O) groups excluding carboxylic acids is 1. The van der Waals surface area contributed by atoms with Crippen molar-refractivity contribution in [3.8, 4) is 5.75 Å². The van der Waals surface area contributed by atoms with Crippen LogP contribution in [-0.2, 0) is 20.4 Å². The number of aliphatic imine (C=N–C) groups is 1. The fourth-order valence-corrected chi connectivity index (χ4v) is 5.21. The molecular formula is C26H27FN2O4S. The fraction of sp³-hybridized carbons (Fsp3) is 0.308. The van der Waals surface area contributed by atoms with Gasteiger partial charge in [-0.2, -0.15) is 0 Å². The molecule has 0 saturated carbocycles. The van der Waals surface area contributed by atoms with Gasteiger partial charge < -0.3 is 14.4 Å². The summed E-state index contributed by atoms with van der Waals surface area (Å²) in [7, 11) is 0.00589. The second-order valence-corrected chi connectivity index (χ2v) is 10.9. The van der Waals surface area contributed by atoms with Crippen molar-refractivity contribution in [3.05, 3.63) is 82.3 Å². The highest BCUT2D eigenvalue weighted by molar-refractivity contribution is 7.90. The Kier molecular flexibility index (Phi) is 6.45. The van der Waals surface area contributed by atoms with Crippen LogP contribution in [0.2, 0.25) is 0 Å². The van der Waals surface area contributed by atoms with E-state index in [-0.39, 0.29) is 23.3 Å². The van der Waals surface area contributed by atoms with Gasteiger partial charge in [0.2, 0.25) is 0 Å². The molecule has 178 valence electrons. The maximum absolute atomic E-state index is 14.1. The zero-order valence-corrected chi connectivity index (χ0v) is 20.4. The largest absolute Gasteiger partial charge is 0.494 e. The van der Waals surface area contributed by atoms with Gasteiger partial charge in [0.05, 0.1) is 24.6 Å². The number of likely N-dealkylation sites (N-methyl/N-ethyl adjacent to an activating group) is 1. The van der Waals surface area contributed by atoms with Gasteiger partial charge in [0, 0.05) is 35.7 Å². The molecule has 0 radical (unpaired) electrons. The summed E-state index contributed by atoms with van der Waals surface area (Å²) in [4.78, 5) is 18.4. The lowest BCUT2D eigenvalue weighted by Gasteiger charge is -2.29. The minimum atomic E-state index is -3.23. The van der Waals surface area contributed by atoms with Gasteiger partial charge in [0.25, 0.3) is 0 Å². The van der Waals surface area contributed by atoms with Gasteiger partial charge in [-0.15, -0.1) is 0 Å². The van der Waals surface area contributed by atoms with Crippen LogP contribution in [0.1, 0.15) is 36.1 Å². The van der Waals surface area contributed by atoms with Gasteiger partial charge in [-0.25, -0.2) is 12.8 Å². The molecule has 0 fully saturated rings. The molecule has 0 spiro atoms. The molecule has 6 nitrogen and oxygen atoms in total. The van der Waals surface area contributed by atoms with Crippen LogP contribution in [0.15, 0.2) is 59.2 Å². The van der Waals surface area contributed by atoms with E-state index in [1.54, 1.807) is 25.1 Å². The molecule has 0 bridgehead atoms. The third-order valence-electron chi connectivity index (χ3n) is 6.26. The summed E-state index contributed by atoms with van der Waals surface area (Å²) in [5, 5.41) is 0. The van der Waals surface area contributed by atoms with Crippen LogP contribution in [0.4, 0.5) is 4.39 Å². The van der Waals surface area contributed by atoms with Crippen molar-refractivity contribution >= 4 is 27.4 Å². The number of fused-ring (bicyclic) bond motifs is 3. The highest BCUT2D eigenvalue weighted by Gasteiger charge is 2.30. The SMILES string of the molecule is CCS(=O)(=O)Cc1ccc2c(c1)C1=CN(C)C(C=O)C=C1[C@H](C)N=C2c1ccc(F)c(OC)c1. The maximum atomic E-state index is 14.1. The van der Waals surface area contributed by atoms with E-state index in [2.05, 4.69) is 0 Å². The predicted molar refractivity (Wildman–Crippen MR) is 131 cm³/mol. The Hall–Kier alpha value is -3.26. The Morgan fingerprint density at radius 2 is 1.94 bits per heavy atom. The first-order valence-corrected chi connectivity index (χ1v) is 12.9. The van der Waals surface area contributed by atoms with Crippen molar-refractivity contribution < 1.29 is 22.3 Å². The van der Waals surface area contributed by atoms with Crippen molar-refractivity contribution in [1.29, 1.82) is 0 Å². The number of benzene rings is 2. The topological polar surface area (TPSA) is 76.0 Å². The molecule has 4 rings (SSSR count). The monoisotopic (exact) mass is 482 g/mol. The molecule has 8 heteroatoms. The zero-order chi connectivity index (χ0) is 24.6. The van der Waals surface area contributed by atoms with Gasteiger partial charge in [0.1, 0.15) is 12.3 Å². The van der Waals surface area contributed by atoms with E-state index in [1.807, 2.05) is 43.3 Å². The number of rotatable bonds is 6. The number of ether oxygens (including phenoxy) is 1. The summed E-state index contributed by atoms with van der Waals surface area (Å²) in [6, 6.07) is 9.44. The van der Waals surface area contributed by atoms with Crippen LogP contribution in [0.5, 0.6) is 5.75 Å². The van der Waals surface area contributed by atoms with Crippen molar-refractivity contribution in [2.45, 2.75) is 31.7 Å². The molecule has 0 N–H and O–H groups in total. The third kappa shape index (κ3) is 4.42. The quantitative estimate of drug-likeness (QED) is 0.586. The molecule has 0 aliphatic carbocycles. The molecule has 0 saturated heterocycles. The molecular weight excluding hydrogens is 455 g/mol. The number of hydrogen-bond acceptors (Lipinski definition) is 6. The average Bonchev–Trinajstić information content (AvgIpc) is 2.93. The molecule has 2 aliphatic heterocycles. The summed E-state index contributed by atoms with van der Waals surface area (Å²) in [5.74, 6) is -0.368. The molecule has 2 heterocycles. The normalized spacial score (nSPS) is 19.8. The number of nitrogens with zero attached hydrogens (tertiary/aromatic N) is 2. The van der Waals surface area contributed by atoms with Gasteiger partial charge in [-0.3, -0.25) is 4.99 Å². The van der Waals surface area contributed by atoms with Crippen LogP contribution in [0, 0.1) is 5.82 Å². The van der Waals surface area contributed by atoms with Crippen molar-refractivity contribution in [2.75, 3.05) is 19.9 Å². The van der Waals surface area contributed by atoms with Crippen LogP contribution >= 0.6 is 0 Å². The molecule has 0 aromatic heterocycles. The van der Waals surface area contributed by atoms with E-state index in [4.69, 9.17) is 9.73 Å². The van der Waals surface area contributed by atoms with Crippen molar-refractivity contribution in [2.24, 2.45) is 4.99 Å². The third-order valence-corrected chi connectivity index (χ3v) is 7.91. The molecule has 0 amide bonds. The molecule has 34 heavy (non-hydrogen) atoms. The fourth-order valence-electron chi connectivity index (χ4n) is 4.32. The lowest BCUT2D eigenvalue weighted by atomic mass is 9.87. The summed E-state index contributed by atoms with van der Waals surface area (Å²) in [5.41, 5.74) is 5.38. The number of methoxy groups -OCH3 is 1. The Labute approximate surface area is 199 Å².